The number of nitrogens with one attached hydrogen (secondary N) is 3. The molecule has 1 aromatic heterocycles. The second kappa shape index (κ2) is 6.09. The maximum absolute atomic E-state index is 11.9. The highest BCUT2D eigenvalue weighted by Gasteiger charge is 2.07. The van der Waals surface area contributed by atoms with Crippen molar-refractivity contribution in [1.82, 2.24) is 10.3 Å². The Balaban J connectivity index is 2.00. The minimum Gasteiger partial charge on any atom is -0.381 e. The zero-order valence-corrected chi connectivity index (χ0v) is 11.2. The normalized spacial score (nSPS) is 10.5. The average Bonchev–Trinajstić information content (AvgIpc) is 2.89. The lowest BCUT2D eigenvalue weighted by Gasteiger charge is -2.10. The van der Waals surface area contributed by atoms with Gasteiger partial charge in [0, 0.05) is 36.2 Å². The summed E-state index contributed by atoms with van der Waals surface area (Å²) >= 11 is 0. The molecule has 0 aliphatic heterocycles. The third-order valence-electron chi connectivity index (χ3n) is 2.70. The van der Waals surface area contributed by atoms with E-state index >= 15 is 0 Å². The number of hydrogen-bond acceptors (Lipinski definition) is 2. The first-order chi connectivity index (χ1) is 9.15. The zero-order valence-electron chi connectivity index (χ0n) is 11.2. The minimum absolute atomic E-state index is 0.0414. The van der Waals surface area contributed by atoms with Crippen LogP contribution in [0, 0.1) is 0 Å². The van der Waals surface area contributed by atoms with Crippen molar-refractivity contribution in [3.05, 3.63) is 53.9 Å². The topological polar surface area (TPSA) is 56.9 Å². The number of aromatic amines is 1. The van der Waals surface area contributed by atoms with E-state index in [1.54, 1.807) is 0 Å². The van der Waals surface area contributed by atoms with Gasteiger partial charge in [0.1, 0.15) is 0 Å². The van der Waals surface area contributed by atoms with Gasteiger partial charge in [0.15, 0.2) is 0 Å². The van der Waals surface area contributed by atoms with Crippen LogP contribution in [-0.4, -0.2) is 16.9 Å². The molecule has 0 spiro atoms. The van der Waals surface area contributed by atoms with Gasteiger partial charge in [-0.25, -0.2) is 0 Å². The first kappa shape index (κ1) is 13.2. The molecule has 100 valence electrons. The van der Waals surface area contributed by atoms with Crippen LogP contribution in [0.3, 0.4) is 0 Å². The summed E-state index contributed by atoms with van der Waals surface area (Å²) in [6.07, 6.45) is 3.84. The molecule has 0 aliphatic rings. The van der Waals surface area contributed by atoms with Crippen LogP contribution in [-0.2, 0) is 6.54 Å². The van der Waals surface area contributed by atoms with Crippen LogP contribution in [0.25, 0.3) is 0 Å². The Hall–Kier alpha value is -2.23. The van der Waals surface area contributed by atoms with Crippen molar-refractivity contribution in [3.63, 3.8) is 0 Å². The van der Waals surface area contributed by atoms with E-state index in [-0.39, 0.29) is 11.9 Å². The highest BCUT2D eigenvalue weighted by molar-refractivity contribution is 5.95. The predicted molar refractivity (Wildman–Crippen MR) is 77.2 cm³/mol. The number of benzene rings is 1. The molecule has 0 saturated carbocycles. The van der Waals surface area contributed by atoms with Crippen LogP contribution in [0.1, 0.15) is 29.8 Å². The summed E-state index contributed by atoms with van der Waals surface area (Å²) in [4.78, 5) is 14.9. The summed E-state index contributed by atoms with van der Waals surface area (Å²) in [5, 5.41) is 6.18. The average molecular weight is 257 g/mol. The molecule has 0 radical (unpaired) electrons. The van der Waals surface area contributed by atoms with Crippen LogP contribution in [0.5, 0.6) is 0 Å². The summed E-state index contributed by atoms with van der Waals surface area (Å²) in [6, 6.07) is 9.68. The van der Waals surface area contributed by atoms with Crippen molar-refractivity contribution >= 4 is 11.6 Å². The van der Waals surface area contributed by atoms with Gasteiger partial charge in [0.25, 0.3) is 5.91 Å². The molecule has 1 aromatic carbocycles. The summed E-state index contributed by atoms with van der Waals surface area (Å²) in [5.74, 6) is -0.0414. The van der Waals surface area contributed by atoms with Gasteiger partial charge in [-0.15, -0.1) is 0 Å². The first-order valence-corrected chi connectivity index (χ1v) is 6.41. The number of hydrogen-bond donors (Lipinski definition) is 3. The Kier molecular flexibility index (Phi) is 4.23. The van der Waals surface area contributed by atoms with Gasteiger partial charge in [-0.3, -0.25) is 4.79 Å². The minimum atomic E-state index is -0.0414. The molecule has 1 amide bonds. The van der Waals surface area contributed by atoms with Gasteiger partial charge in [0.05, 0.1) is 0 Å². The summed E-state index contributed by atoms with van der Waals surface area (Å²) in [7, 11) is 0. The van der Waals surface area contributed by atoms with E-state index in [2.05, 4.69) is 15.6 Å². The second-order valence-electron chi connectivity index (χ2n) is 4.78. The Morgan fingerprint density at radius 1 is 1.32 bits per heavy atom. The Morgan fingerprint density at radius 2 is 2.16 bits per heavy atom. The van der Waals surface area contributed by atoms with Crippen molar-refractivity contribution in [3.8, 4) is 0 Å². The van der Waals surface area contributed by atoms with Gasteiger partial charge >= 0.3 is 0 Å². The van der Waals surface area contributed by atoms with E-state index < -0.39 is 0 Å². The fraction of sp³-hybridized carbons (Fsp3) is 0.267. The molecule has 19 heavy (non-hydrogen) atoms. The van der Waals surface area contributed by atoms with Gasteiger partial charge in [-0.05, 0) is 43.7 Å². The number of H-pyrrole nitrogens is 1. The van der Waals surface area contributed by atoms with Gasteiger partial charge < -0.3 is 15.6 Å². The molecule has 0 unspecified atom stereocenters. The van der Waals surface area contributed by atoms with Gasteiger partial charge in [0.2, 0.25) is 0 Å². The van der Waals surface area contributed by atoms with Crippen molar-refractivity contribution in [2.24, 2.45) is 0 Å². The van der Waals surface area contributed by atoms with Crippen molar-refractivity contribution in [1.29, 1.82) is 0 Å². The molecule has 0 atom stereocenters. The van der Waals surface area contributed by atoms with E-state index in [4.69, 9.17) is 0 Å². The Labute approximate surface area is 113 Å². The Morgan fingerprint density at radius 3 is 2.84 bits per heavy atom. The quantitative estimate of drug-likeness (QED) is 0.771. The van der Waals surface area contributed by atoms with E-state index in [1.807, 2.05) is 56.6 Å². The molecule has 0 bridgehead atoms. The number of aromatic nitrogens is 1. The largest absolute Gasteiger partial charge is 0.381 e. The molecular weight excluding hydrogens is 238 g/mol. The molecule has 3 N–H and O–H groups in total. The van der Waals surface area contributed by atoms with Crippen molar-refractivity contribution in [2.45, 2.75) is 26.4 Å². The number of carbonyl (C=O) groups excluding carboxylic acids is 1. The standard InChI is InChI=1S/C15H19N3O/c1-11(2)18-15(19)13-4-3-5-14(8-13)17-10-12-6-7-16-9-12/h3-9,11,16-17H,10H2,1-2H3,(H,18,19). The smallest absolute Gasteiger partial charge is 0.251 e. The fourth-order valence-corrected chi connectivity index (χ4v) is 1.79. The molecule has 2 aromatic rings. The lowest BCUT2D eigenvalue weighted by molar-refractivity contribution is 0.0943. The molecule has 2 rings (SSSR count). The van der Waals surface area contributed by atoms with Crippen molar-refractivity contribution in [2.75, 3.05) is 5.32 Å². The number of anilines is 1. The first-order valence-electron chi connectivity index (χ1n) is 6.41. The highest BCUT2D eigenvalue weighted by atomic mass is 16.1. The van der Waals surface area contributed by atoms with Crippen LogP contribution < -0.4 is 10.6 Å². The molecule has 4 nitrogen and oxygen atoms in total. The third kappa shape index (κ3) is 3.88. The molecule has 0 aliphatic carbocycles. The second-order valence-corrected chi connectivity index (χ2v) is 4.78. The van der Waals surface area contributed by atoms with Gasteiger partial charge in [-0.1, -0.05) is 6.07 Å². The molecule has 1 heterocycles. The number of carbonyl (C=O) groups is 1. The van der Waals surface area contributed by atoms with E-state index in [9.17, 15) is 4.79 Å². The summed E-state index contributed by atoms with van der Waals surface area (Å²) < 4.78 is 0. The maximum Gasteiger partial charge on any atom is 0.251 e. The summed E-state index contributed by atoms with van der Waals surface area (Å²) in [6.45, 7) is 4.64. The van der Waals surface area contributed by atoms with E-state index in [0.717, 1.165) is 12.2 Å². The molecule has 0 fully saturated rings. The zero-order chi connectivity index (χ0) is 13.7. The molecule has 0 saturated heterocycles. The third-order valence-corrected chi connectivity index (χ3v) is 2.70. The lowest BCUT2D eigenvalue weighted by atomic mass is 10.1. The highest BCUT2D eigenvalue weighted by Crippen LogP contribution is 2.12. The van der Waals surface area contributed by atoms with Crippen LogP contribution in [0.4, 0.5) is 5.69 Å². The number of rotatable bonds is 5. The van der Waals surface area contributed by atoms with Gasteiger partial charge in [-0.2, -0.15) is 0 Å². The van der Waals surface area contributed by atoms with E-state index in [1.165, 1.54) is 5.56 Å². The monoisotopic (exact) mass is 257 g/mol. The van der Waals surface area contributed by atoms with Crippen LogP contribution >= 0.6 is 0 Å². The van der Waals surface area contributed by atoms with Crippen molar-refractivity contribution < 1.29 is 4.79 Å². The van der Waals surface area contributed by atoms with Crippen LogP contribution in [0.2, 0.25) is 0 Å². The molecule has 4 heteroatoms. The van der Waals surface area contributed by atoms with E-state index in [0.29, 0.717) is 5.56 Å². The summed E-state index contributed by atoms with van der Waals surface area (Å²) in [5.41, 5.74) is 2.79. The number of amides is 1. The Bertz CT molecular complexity index is 532. The SMILES string of the molecule is CC(C)NC(=O)c1cccc(NCc2cc[nH]c2)c1. The molecular formula is C15H19N3O. The predicted octanol–water partition coefficient (Wildman–Crippen LogP) is 2.77. The van der Waals surface area contributed by atoms with Crippen LogP contribution in [0.15, 0.2) is 42.7 Å². The maximum atomic E-state index is 11.9. The fourth-order valence-electron chi connectivity index (χ4n) is 1.79. The lowest BCUT2D eigenvalue weighted by Crippen LogP contribution is -2.30.